The maximum Gasteiger partial charge on any atom is 0.174 e. The fourth-order valence-corrected chi connectivity index (χ4v) is 4.53. The van der Waals surface area contributed by atoms with Gasteiger partial charge in [-0.1, -0.05) is 40.2 Å². The van der Waals surface area contributed by atoms with E-state index in [1.807, 2.05) is 54.7 Å². The number of halogens is 1. The molecule has 0 bridgehead atoms. The van der Waals surface area contributed by atoms with Crippen LogP contribution >= 0.6 is 28.1 Å². The van der Waals surface area contributed by atoms with Gasteiger partial charge in [-0.05, 0) is 72.4 Å². The molecule has 1 N–H and O–H groups in total. The van der Waals surface area contributed by atoms with Gasteiger partial charge in [0.15, 0.2) is 5.11 Å². The summed E-state index contributed by atoms with van der Waals surface area (Å²) in [6.07, 6.45) is 6.10. The number of anilines is 1. The number of nitrogens with zero attached hydrogens (tertiary/aromatic N) is 3. The smallest absolute Gasteiger partial charge is 0.174 e. The highest BCUT2D eigenvalue weighted by Crippen LogP contribution is 2.41. The van der Waals surface area contributed by atoms with E-state index in [4.69, 9.17) is 12.2 Å². The van der Waals surface area contributed by atoms with E-state index in [1.165, 1.54) is 5.56 Å². The van der Waals surface area contributed by atoms with Crippen molar-refractivity contribution >= 4 is 38.9 Å². The minimum Gasteiger partial charge on any atom is -0.351 e. The number of rotatable bonds is 4. The molecule has 0 amide bonds. The molecule has 148 valence electrons. The predicted octanol–water partition coefficient (Wildman–Crippen LogP) is 5.81. The second kappa shape index (κ2) is 8.05. The Morgan fingerprint density at radius 2 is 1.63 bits per heavy atom. The van der Waals surface area contributed by atoms with E-state index in [0.717, 1.165) is 21.5 Å². The molecule has 0 aliphatic carbocycles. The average molecular weight is 475 g/mol. The Kier molecular flexibility index (Phi) is 5.11. The Bertz CT molecular complexity index is 1160. The number of thiocarbonyl (C=S) groups is 1. The Labute approximate surface area is 189 Å². The molecule has 1 saturated heterocycles. The summed E-state index contributed by atoms with van der Waals surface area (Å²) in [5.74, 6) is 0. The van der Waals surface area contributed by atoms with Crippen molar-refractivity contribution in [2.24, 2.45) is 0 Å². The molecule has 1 aliphatic rings. The van der Waals surface area contributed by atoms with E-state index >= 15 is 0 Å². The zero-order valence-corrected chi connectivity index (χ0v) is 18.4. The summed E-state index contributed by atoms with van der Waals surface area (Å²) in [7, 11) is 0. The van der Waals surface area contributed by atoms with Crippen molar-refractivity contribution in [2.45, 2.75) is 12.1 Å². The van der Waals surface area contributed by atoms with Gasteiger partial charge in [0.05, 0.1) is 17.8 Å². The first-order valence-corrected chi connectivity index (χ1v) is 10.9. The zero-order valence-electron chi connectivity index (χ0n) is 16.0. The van der Waals surface area contributed by atoms with Crippen LogP contribution in [0.1, 0.15) is 23.3 Å². The van der Waals surface area contributed by atoms with Crippen LogP contribution < -0.4 is 10.2 Å². The van der Waals surface area contributed by atoms with E-state index in [-0.39, 0.29) is 12.1 Å². The number of hydrogen-bond acceptors (Lipinski definition) is 2. The van der Waals surface area contributed by atoms with Crippen molar-refractivity contribution in [3.8, 4) is 5.69 Å². The summed E-state index contributed by atoms with van der Waals surface area (Å²) in [6.45, 7) is 0. The van der Waals surface area contributed by atoms with Crippen molar-refractivity contribution in [2.75, 3.05) is 4.90 Å². The molecule has 1 aliphatic heterocycles. The summed E-state index contributed by atoms with van der Waals surface area (Å²) >= 11 is 9.30. The van der Waals surface area contributed by atoms with Crippen LogP contribution in [0.4, 0.5) is 5.69 Å². The van der Waals surface area contributed by atoms with Crippen LogP contribution in [-0.2, 0) is 0 Å². The van der Waals surface area contributed by atoms with Gasteiger partial charge in [-0.15, -0.1) is 0 Å². The van der Waals surface area contributed by atoms with E-state index in [0.29, 0.717) is 5.11 Å². The third-order valence-electron chi connectivity index (χ3n) is 5.31. The lowest BCUT2D eigenvalue weighted by Crippen LogP contribution is -2.29. The first-order chi connectivity index (χ1) is 14.7. The third kappa shape index (κ3) is 3.53. The van der Waals surface area contributed by atoms with Crippen molar-refractivity contribution in [1.82, 2.24) is 14.9 Å². The molecular weight excluding hydrogens is 456 g/mol. The van der Waals surface area contributed by atoms with Gasteiger partial charge in [0.25, 0.3) is 0 Å². The number of aromatic nitrogens is 2. The minimum atomic E-state index is -0.0472. The number of nitrogens with one attached hydrogen (secondary N) is 1. The Balaban J connectivity index is 1.60. The van der Waals surface area contributed by atoms with Crippen LogP contribution in [0.2, 0.25) is 0 Å². The van der Waals surface area contributed by atoms with Gasteiger partial charge >= 0.3 is 0 Å². The summed E-state index contributed by atoms with van der Waals surface area (Å²) < 4.78 is 3.18. The van der Waals surface area contributed by atoms with Crippen molar-refractivity contribution < 1.29 is 0 Å². The zero-order chi connectivity index (χ0) is 20.5. The quantitative estimate of drug-likeness (QED) is 0.378. The largest absolute Gasteiger partial charge is 0.351 e. The number of benzene rings is 2. The van der Waals surface area contributed by atoms with Crippen molar-refractivity contribution in [3.05, 3.63) is 113 Å². The molecule has 1 fully saturated rings. The van der Waals surface area contributed by atoms with Crippen LogP contribution in [0.3, 0.4) is 0 Å². The van der Waals surface area contributed by atoms with Gasteiger partial charge in [-0.25, -0.2) is 0 Å². The third-order valence-corrected chi connectivity index (χ3v) is 6.16. The van der Waals surface area contributed by atoms with Crippen LogP contribution in [0, 0.1) is 0 Å². The Morgan fingerprint density at radius 3 is 2.37 bits per heavy atom. The first kappa shape index (κ1) is 19.0. The van der Waals surface area contributed by atoms with Crippen LogP contribution in [0.5, 0.6) is 0 Å². The van der Waals surface area contributed by atoms with Crippen LogP contribution in [-0.4, -0.2) is 14.7 Å². The van der Waals surface area contributed by atoms with Gasteiger partial charge in [-0.3, -0.25) is 4.98 Å². The number of pyridine rings is 1. The van der Waals surface area contributed by atoms with Gasteiger partial charge in [0.2, 0.25) is 0 Å². The molecule has 0 saturated carbocycles. The molecule has 3 heterocycles. The molecule has 5 rings (SSSR count). The predicted molar refractivity (Wildman–Crippen MR) is 128 cm³/mol. The highest BCUT2D eigenvalue weighted by atomic mass is 79.9. The maximum absolute atomic E-state index is 5.78. The lowest BCUT2D eigenvalue weighted by atomic mass is 9.98. The first-order valence-electron chi connectivity index (χ1n) is 9.70. The molecule has 6 heteroatoms. The summed E-state index contributed by atoms with van der Waals surface area (Å²) in [5.41, 5.74) is 4.31. The molecule has 2 aromatic carbocycles. The Morgan fingerprint density at radius 1 is 0.867 bits per heavy atom. The molecule has 0 unspecified atom stereocenters. The van der Waals surface area contributed by atoms with E-state index in [2.05, 4.69) is 78.4 Å². The fourth-order valence-electron chi connectivity index (χ4n) is 3.92. The van der Waals surface area contributed by atoms with Gasteiger partial charge in [0.1, 0.15) is 0 Å². The summed E-state index contributed by atoms with van der Waals surface area (Å²) in [4.78, 5) is 6.80. The number of hydrogen-bond donors (Lipinski definition) is 1. The lowest BCUT2D eigenvalue weighted by molar-refractivity contribution is 0.568. The summed E-state index contributed by atoms with van der Waals surface area (Å²) in [5, 5.41) is 4.20. The molecule has 30 heavy (non-hydrogen) atoms. The molecular formula is C24H19BrN4S. The van der Waals surface area contributed by atoms with E-state index in [9.17, 15) is 0 Å². The average Bonchev–Trinajstić information content (AvgIpc) is 3.40. The van der Waals surface area contributed by atoms with Crippen molar-refractivity contribution in [3.63, 3.8) is 0 Å². The van der Waals surface area contributed by atoms with Gasteiger partial charge in [0, 0.05) is 34.4 Å². The number of para-hydroxylation sites is 1. The molecule has 0 radical (unpaired) electrons. The second-order valence-electron chi connectivity index (χ2n) is 7.16. The Hall–Kier alpha value is -2.96. The van der Waals surface area contributed by atoms with Gasteiger partial charge < -0.3 is 14.8 Å². The van der Waals surface area contributed by atoms with Crippen LogP contribution in [0.25, 0.3) is 5.69 Å². The standard InChI is InChI=1S/C24H19BrN4S/c25-18-9-11-20(12-10-18)29-23(22(27-24(29)30)21-8-4-5-14-26-21)17-13-15-28(16-17)19-6-2-1-3-7-19/h1-16,22-23H,(H,27,30)/t22-,23+/m1/s1. The van der Waals surface area contributed by atoms with E-state index < -0.39 is 0 Å². The molecule has 4 nitrogen and oxygen atoms in total. The maximum atomic E-state index is 5.78. The lowest BCUT2D eigenvalue weighted by Gasteiger charge is -2.27. The molecule has 0 spiro atoms. The topological polar surface area (TPSA) is 33.1 Å². The van der Waals surface area contributed by atoms with Crippen molar-refractivity contribution in [1.29, 1.82) is 0 Å². The molecule has 2 atom stereocenters. The van der Waals surface area contributed by atoms with Crippen LogP contribution in [0.15, 0.2) is 102 Å². The van der Waals surface area contributed by atoms with E-state index in [1.54, 1.807) is 0 Å². The molecule has 4 aromatic rings. The monoisotopic (exact) mass is 474 g/mol. The second-order valence-corrected chi connectivity index (χ2v) is 8.46. The molecule has 2 aromatic heterocycles. The minimum absolute atomic E-state index is 0.0152. The normalized spacial score (nSPS) is 18.4. The summed E-state index contributed by atoms with van der Waals surface area (Å²) in [6, 6.07) is 26.7. The van der Waals surface area contributed by atoms with Gasteiger partial charge in [-0.2, -0.15) is 0 Å². The SMILES string of the molecule is S=C1N[C@H](c2ccccn2)[C@H](c2ccn(-c3ccccc3)c2)N1c1ccc(Br)cc1. The highest BCUT2D eigenvalue weighted by molar-refractivity contribution is 9.10. The fraction of sp³-hybridized carbons (Fsp3) is 0.0833. The highest BCUT2D eigenvalue weighted by Gasteiger charge is 2.41.